The summed E-state index contributed by atoms with van der Waals surface area (Å²) in [6.45, 7) is 4.34. The van der Waals surface area contributed by atoms with Crippen LogP contribution in [0, 0.1) is 0 Å². The minimum Gasteiger partial charge on any atom is -0.497 e. The van der Waals surface area contributed by atoms with Crippen LogP contribution in [0.1, 0.15) is 18.1 Å². The van der Waals surface area contributed by atoms with Crippen molar-refractivity contribution in [3.8, 4) is 11.6 Å². The van der Waals surface area contributed by atoms with E-state index in [1.807, 2.05) is 36.4 Å². The third-order valence-corrected chi connectivity index (χ3v) is 2.90. The average molecular weight is 272 g/mol. The summed E-state index contributed by atoms with van der Waals surface area (Å²) in [7, 11) is 1.66. The zero-order valence-corrected chi connectivity index (χ0v) is 11.9. The van der Waals surface area contributed by atoms with Crippen LogP contribution in [0.4, 0.5) is 0 Å². The van der Waals surface area contributed by atoms with E-state index in [9.17, 15) is 0 Å². The molecule has 0 amide bonds. The Morgan fingerprint density at radius 1 is 1.15 bits per heavy atom. The Bertz CT molecular complexity index is 544. The predicted molar refractivity (Wildman–Crippen MR) is 78.9 cm³/mol. The second-order valence-electron chi connectivity index (χ2n) is 4.42. The van der Waals surface area contributed by atoms with Gasteiger partial charge in [-0.25, -0.2) is 4.98 Å². The minimum absolute atomic E-state index is 0.481. The topological polar surface area (TPSA) is 43.4 Å². The summed E-state index contributed by atoms with van der Waals surface area (Å²) in [5, 5.41) is 3.28. The number of hydrogen-bond acceptors (Lipinski definition) is 4. The molecule has 0 aliphatic heterocycles. The fraction of sp³-hybridized carbons (Fsp3) is 0.312. The SMILES string of the molecule is CCNCc1ccnc(OCc2cccc(OC)c2)c1. The van der Waals surface area contributed by atoms with E-state index in [-0.39, 0.29) is 0 Å². The first-order valence-electron chi connectivity index (χ1n) is 6.73. The highest BCUT2D eigenvalue weighted by molar-refractivity contribution is 5.28. The molecule has 0 saturated carbocycles. The maximum absolute atomic E-state index is 5.72. The van der Waals surface area contributed by atoms with Gasteiger partial charge in [-0.05, 0) is 35.9 Å². The number of nitrogens with one attached hydrogen (secondary N) is 1. The van der Waals surface area contributed by atoms with Crippen LogP contribution in [0.5, 0.6) is 11.6 Å². The normalized spacial score (nSPS) is 10.3. The number of pyridine rings is 1. The highest BCUT2D eigenvalue weighted by Crippen LogP contribution is 2.15. The fourth-order valence-electron chi connectivity index (χ4n) is 1.83. The van der Waals surface area contributed by atoms with Crippen LogP contribution in [0.15, 0.2) is 42.6 Å². The Hall–Kier alpha value is -2.07. The van der Waals surface area contributed by atoms with E-state index >= 15 is 0 Å². The molecule has 106 valence electrons. The van der Waals surface area contributed by atoms with E-state index in [1.54, 1.807) is 13.3 Å². The van der Waals surface area contributed by atoms with Crippen molar-refractivity contribution in [1.29, 1.82) is 0 Å². The molecule has 0 radical (unpaired) electrons. The van der Waals surface area contributed by atoms with Gasteiger partial charge in [-0.15, -0.1) is 0 Å². The lowest BCUT2D eigenvalue weighted by atomic mass is 10.2. The maximum Gasteiger partial charge on any atom is 0.213 e. The van der Waals surface area contributed by atoms with Crippen LogP contribution >= 0.6 is 0 Å². The van der Waals surface area contributed by atoms with Crippen molar-refractivity contribution in [1.82, 2.24) is 10.3 Å². The molecule has 1 aromatic heterocycles. The largest absolute Gasteiger partial charge is 0.497 e. The molecule has 0 aliphatic rings. The highest BCUT2D eigenvalue weighted by atomic mass is 16.5. The average Bonchev–Trinajstić information content (AvgIpc) is 2.51. The van der Waals surface area contributed by atoms with Crippen LogP contribution < -0.4 is 14.8 Å². The minimum atomic E-state index is 0.481. The molecule has 20 heavy (non-hydrogen) atoms. The molecule has 4 nitrogen and oxygen atoms in total. The maximum atomic E-state index is 5.72. The number of methoxy groups -OCH3 is 1. The Labute approximate surface area is 119 Å². The van der Waals surface area contributed by atoms with Crippen LogP contribution in [-0.4, -0.2) is 18.6 Å². The van der Waals surface area contributed by atoms with E-state index in [0.29, 0.717) is 12.5 Å². The Kier molecular flexibility index (Phi) is 5.38. The van der Waals surface area contributed by atoms with Gasteiger partial charge >= 0.3 is 0 Å². The van der Waals surface area contributed by atoms with E-state index in [2.05, 4.69) is 17.2 Å². The molecular weight excluding hydrogens is 252 g/mol. The number of aromatic nitrogens is 1. The standard InChI is InChI=1S/C16H20N2O2/c1-3-17-11-13-7-8-18-16(10-13)20-12-14-5-4-6-15(9-14)19-2/h4-10,17H,3,11-12H2,1-2H3. The summed E-state index contributed by atoms with van der Waals surface area (Å²) >= 11 is 0. The van der Waals surface area contributed by atoms with Crippen molar-refractivity contribution in [3.63, 3.8) is 0 Å². The first-order chi connectivity index (χ1) is 9.81. The molecule has 0 atom stereocenters. The van der Waals surface area contributed by atoms with Crippen LogP contribution in [-0.2, 0) is 13.2 Å². The summed E-state index contributed by atoms with van der Waals surface area (Å²) in [6.07, 6.45) is 1.77. The van der Waals surface area contributed by atoms with Gasteiger partial charge in [0.25, 0.3) is 0 Å². The first kappa shape index (κ1) is 14.3. The van der Waals surface area contributed by atoms with Gasteiger partial charge in [0, 0.05) is 18.8 Å². The molecule has 2 aromatic rings. The molecule has 0 spiro atoms. The van der Waals surface area contributed by atoms with Crippen molar-refractivity contribution in [3.05, 3.63) is 53.7 Å². The van der Waals surface area contributed by atoms with Gasteiger partial charge in [0.2, 0.25) is 5.88 Å². The van der Waals surface area contributed by atoms with Gasteiger partial charge in [0.1, 0.15) is 12.4 Å². The molecule has 4 heteroatoms. The number of rotatable bonds is 7. The molecule has 1 heterocycles. The number of benzene rings is 1. The van der Waals surface area contributed by atoms with Crippen molar-refractivity contribution < 1.29 is 9.47 Å². The fourth-order valence-corrected chi connectivity index (χ4v) is 1.83. The molecule has 0 bridgehead atoms. The Morgan fingerprint density at radius 2 is 2.05 bits per heavy atom. The van der Waals surface area contributed by atoms with Crippen molar-refractivity contribution >= 4 is 0 Å². The molecular formula is C16H20N2O2. The summed E-state index contributed by atoms with van der Waals surface area (Å²) < 4.78 is 10.9. The quantitative estimate of drug-likeness (QED) is 0.841. The predicted octanol–water partition coefficient (Wildman–Crippen LogP) is 2.78. The molecule has 0 saturated heterocycles. The van der Waals surface area contributed by atoms with Crippen molar-refractivity contribution in [2.24, 2.45) is 0 Å². The van der Waals surface area contributed by atoms with Crippen LogP contribution in [0.3, 0.4) is 0 Å². The van der Waals surface area contributed by atoms with Gasteiger partial charge in [-0.2, -0.15) is 0 Å². The van der Waals surface area contributed by atoms with Crippen LogP contribution in [0.25, 0.3) is 0 Å². The first-order valence-corrected chi connectivity index (χ1v) is 6.73. The van der Waals surface area contributed by atoms with Gasteiger partial charge < -0.3 is 14.8 Å². The summed E-state index contributed by atoms with van der Waals surface area (Å²) in [5.41, 5.74) is 2.23. The molecule has 0 unspecified atom stereocenters. The second kappa shape index (κ2) is 7.50. The van der Waals surface area contributed by atoms with Gasteiger partial charge in [-0.1, -0.05) is 19.1 Å². The lowest BCUT2D eigenvalue weighted by Gasteiger charge is -2.08. The van der Waals surface area contributed by atoms with E-state index in [1.165, 1.54) is 5.56 Å². The zero-order valence-electron chi connectivity index (χ0n) is 11.9. The van der Waals surface area contributed by atoms with Gasteiger partial charge in [0.15, 0.2) is 0 Å². The van der Waals surface area contributed by atoms with Crippen molar-refractivity contribution in [2.45, 2.75) is 20.1 Å². The van der Waals surface area contributed by atoms with E-state index in [4.69, 9.17) is 9.47 Å². The number of ether oxygens (including phenoxy) is 2. The monoisotopic (exact) mass is 272 g/mol. The molecule has 1 N–H and O–H groups in total. The highest BCUT2D eigenvalue weighted by Gasteiger charge is 2.00. The second-order valence-corrected chi connectivity index (χ2v) is 4.42. The Morgan fingerprint density at radius 3 is 2.85 bits per heavy atom. The van der Waals surface area contributed by atoms with E-state index in [0.717, 1.165) is 24.4 Å². The summed E-state index contributed by atoms with van der Waals surface area (Å²) in [6, 6.07) is 11.8. The number of hydrogen-bond donors (Lipinski definition) is 1. The lowest BCUT2D eigenvalue weighted by molar-refractivity contribution is 0.292. The third-order valence-electron chi connectivity index (χ3n) is 2.90. The van der Waals surface area contributed by atoms with Gasteiger partial charge in [0.05, 0.1) is 7.11 Å². The molecule has 2 rings (SSSR count). The molecule has 1 aromatic carbocycles. The van der Waals surface area contributed by atoms with Gasteiger partial charge in [-0.3, -0.25) is 0 Å². The molecule has 0 aliphatic carbocycles. The number of nitrogens with zero attached hydrogens (tertiary/aromatic N) is 1. The smallest absolute Gasteiger partial charge is 0.213 e. The summed E-state index contributed by atoms with van der Waals surface area (Å²) in [4.78, 5) is 4.22. The molecule has 0 fully saturated rings. The van der Waals surface area contributed by atoms with E-state index < -0.39 is 0 Å². The summed E-state index contributed by atoms with van der Waals surface area (Å²) in [5.74, 6) is 1.48. The Balaban J connectivity index is 1.95. The van der Waals surface area contributed by atoms with Crippen molar-refractivity contribution in [2.75, 3.05) is 13.7 Å². The lowest BCUT2D eigenvalue weighted by Crippen LogP contribution is -2.11. The third kappa shape index (κ3) is 4.24. The van der Waals surface area contributed by atoms with Crippen LogP contribution in [0.2, 0.25) is 0 Å². The zero-order chi connectivity index (χ0) is 14.2.